The van der Waals surface area contributed by atoms with Gasteiger partial charge in [0.25, 0.3) is 5.89 Å². The number of nitrogens with zero attached hydrogens (tertiary/aromatic N) is 3. The van der Waals surface area contributed by atoms with Crippen LogP contribution in [-0.4, -0.2) is 26.9 Å². The number of unbranched alkanes of at least 4 members (excludes halogenated alkanes) is 3. The van der Waals surface area contributed by atoms with Gasteiger partial charge in [0, 0.05) is 30.7 Å². The first-order chi connectivity index (χ1) is 14.7. The number of allylic oxidation sites excluding steroid dienone is 1. The number of imidazole rings is 1. The smallest absolute Gasteiger partial charge is 0.263 e. The number of hydrogen-bond donors (Lipinski definition) is 2. The summed E-state index contributed by atoms with van der Waals surface area (Å²) >= 11 is 0. The zero-order valence-corrected chi connectivity index (χ0v) is 16.6. The normalized spacial score (nSPS) is 11.6. The minimum absolute atomic E-state index is 0.0646. The minimum atomic E-state index is -0.368. The number of halogens is 1. The molecule has 0 amide bonds. The van der Waals surface area contributed by atoms with Crippen LogP contribution in [0.1, 0.15) is 48.6 Å². The topological polar surface area (TPSA) is 110 Å². The molecule has 0 saturated carbocycles. The Morgan fingerprint density at radius 3 is 2.87 bits per heavy atom. The van der Waals surface area contributed by atoms with Crippen LogP contribution in [0.15, 0.2) is 58.5 Å². The zero-order chi connectivity index (χ0) is 21.2. The van der Waals surface area contributed by atoms with Crippen LogP contribution in [0, 0.1) is 5.82 Å². The molecule has 2 aromatic heterocycles. The van der Waals surface area contributed by atoms with Gasteiger partial charge in [-0.15, -0.1) is 0 Å². The van der Waals surface area contributed by atoms with Crippen molar-refractivity contribution in [1.29, 1.82) is 0 Å². The van der Waals surface area contributed by atoms with E-state index in [0.717, 1.165) is 37.9 Å². The number of aryl methyl sites for hydroxylation is 1. The molecule has 0 radical (unpaired) electrons. The maximum Gasteiger partial charge on any atom is 0.263 e. The van der Waals surface area contributed by atoms with Gasteiger partial charge < -0.3 is 15.1 Å². The van der Waals surface area contributed by atoms with Gasteiger partial charge in [-0.2, -0.15) is 0 Å². The molecule has 0 spiro atoms. The number of aromatic amines is 1. The molecule has 0 fully saturated rings. The molecule has 0 atom stereocenters. The monoisotopic (exact) mass is 409 g/mol. The summed E-state index contributed by atoms with van der Waals surface area (Å²) in [6.07, 6.45) is 13.8. The number of benzene rings is 1. The summed E-state index contributed by atoms with van der Waals surface area (Å²) in [6.45, 7) is 0. The van der Waals surface area contributed by atoms with Gasteiger partial charge in [0.1, 0.15) is 17.9 Å². The average Bonchev–Trinajstić information content (AvgIpc) is 3.43. The summed E-state index contributed by atoms with van der Waals surface area (Å²) in [5.74, 6) is 0.561. The highest BCUT2D eigenvalue weighted by molar-refractivity contribution is 5.91. The lowest BCUT2D eigenvalue weighted by atomic mass is 10.1. The summed E-state index contributed by atoms with van der Waals surface area (Å²) in [5.41, 5.74) is 6.83. The van der Waals surface area contributed by atoms with Crippen molar-refractivity contribution in [3.8, 4) is 11.3 Å². The van der Waals surface area contributed by atoms with E-state index in [2.05, 4.69) is 19.9 Å². The van der Waals surface area contributed by atoms with Crippen molar-refractivity contribution in [2.75, 3.05) is 0 Å². The molecule has 0 bridgehead atoms. The van der Waals surface area contributed by atoms with Crippen molar-refractivity contribution in [3.05, 3.63) is 66.7 Å². The number of aromatic nitrogens is 3. The largest absolute Gasteiger partial charge is 0.442 e. The molecule has 3 N–H and O–H groups in total. The molecule has 0 unspecified atom stereocenters. The maximum atomic E-state index is 14.4. The molecule has 0 aliphatic heterocycles. The number of aliphatic imine (C=N–C) groups is 1. The van der Waals surface area contributed by atoms with Crippen LogP contribution in [0.25, 0.3) is 11.3 Å². The number of nitrogens with one attached hydrogen (secondary N) is 1. The quantitative estimate of drug-likeness (QED) is 0.270. The summed E-state index contributed by atoms with van der Waals surface area (Å²) in [5, 5.41) is 0. The van der Waals surface area contributed by atoms with Gasteiger partial charge in [0.15, 0.2) is 0 Å². The van der Waals surface area contributed by atoms with Crippen LogP contribution < -0.4 is 5.73 Å². The lowest BCUT2D eigenvalue weighted by Crippen LogP contribution is -1.99. The van der Waals surface area contributed by atoms with Crippen LogP contribution in [0.2, 0.25) is 0 Å². The van der Waals surface area contributed by atoms with E-state index in [-0.39, 0.29) is 17.5 Å². The first-order valence-corrected chi connectivity index (χ1v) is 9.85. The number of nitrogens with two attached hydrogens (primary N) is 1. The summed E-state index contributed by atoms with van der Waals surface area (Å²) in [6, 6.07) is 4.78. The lowest BCUT2D eigenvalue weighted by molar-refractivity contribution is 0.0945. The number of Topliss-reactive ketones (excluding diaryl/α,β-unsaturated/α-hetero) is 1. The molecule has 3 aromatic rings. The summed E-state index contributed by atoms with van der Waals surface area (Å²) in [7, 11) is 0. The molecule has 8 heteroatoms. The minimum Gasteiger partial charge on any atom is -0.442 e. The highest BCUT2D eigenvalue weighted by Gasteiger charge is 2.11. The van der Waals surface area contributed by atoms with E-state index in [1.54, 1.807) is 24.4 Å². The van der Waals surface area contributed by atoms with E-state index in [1.807, 2.05) is 0 Å². The van der Waals surface area contributed by atoms with Crippen molar-refractivity contribution in [3.63, 3.8) is 0 Å². The Morgan fingerprint density at radius 2 is 2.10 bits per heavy atom. The predicted molar refractivity (Wildman–Crippen MR) is 113 cm³/mol. The summed E-state index contributed by atoms with van der Waals surface area (Å²) < 4.78 is 19.4. The van der Waals surface area contributed by atoms with Crippen LogP contribution in [-0.2, 0) is 6.42 Å². The van der Waals surface area contributed by atoms with Gasteiger partial charge in [-0.25, -0.2) is 14.4 Å². The number of ketones is 1. The van der Waals surface area contributed by atoms with E-state index >= 15 is 0 Å². The molecule has 0 aliphatic carbocycles. The second-order valence-electron chi connectivity index (χ2n) is 6.75. The molecule has 0 saturated heterocycles. The Kier molecular flexibility index (Phi) is 7.65. The second kappa shape index (κ2) is 10.8. The molecular weight excluding hydrogens is 385 g/mol. The fraction of sp³-hybridized carbons (Fsp3) is 0.273. The molecule has 156 valence electrons. The fourth-order valence-corrected chi connectivity index (χ4v) is 3.01. The maximum absolute atomic E-state index is 14.4. The van der Waals surface area contributed by atoms with Gasteiger partial charge in [-0.1, -0.05) is 12.8 Å². The standard InChI is InChI=1S/C22H24FN5O2/c23-18-14-16(25-11-5-10-24)8-9-17(18)19-15-27-21(28-19)7-4-2-1-3-6-20(29)22-26-12-13-30-22/h5,8-15H,1-4,6-7,24H2,(H,27,28)/b10-5-,25-11?. The van der Waals surface area contributed by atoms with E-state index in [9.17, 15) is 9.18 Å². The van der Waals surface area contributed by atoms with E-state index in [0.29, 0.717) is 23.4 Å². The Morgan fingerprint density at radius 1 is 1.23 bits per heavy atom. The van der Waals surface area contributed by atoms with Crippen molar-refractivity contribution in [1.82, 2.24) is 15.0 Å². The van der Waals surface area contributed by atoms with Crippen molar-refractivity contribution in [2.45, 2.75) is 38.5 Å². The van der Waals surface area contributed by atoms with Crippen LogP contribution in [0.3, 0.4) is 0 Å². The predicted octanol–water partition coefficient (Wildman–Crippen LogP) is 4.75. The van der Waals surface area contributed by atoms with Gasteiger partial charge in [0.2, 0.25) is 5.78 Å². The number of carbonyl (C=O) groups excluding carboxylic acids is 1. The lowest BCUT2D eigenvalue weighted by Gasteiger charge is -2.02. The van der Waals surface area contributed by atoms with Gasteiger partial charge >= 0.3 is 0 Å². The number of H-pyrrole nitrogens is 1. The number of hydrogen-bond acceptors (Lipinski definition) is 6. The highest BCUT2D eigenvalue weighted by atomic mass is 19.1. The Balaban J connectivity index is 1.43. The number of oxazole rings is 1. The third kappa shape index (κ3) is 5.97. The van der Waals surface area contributed by atoms with Crippen molar-refractivity contribution in [2.24, 2.45) is 10.7 Å². The SMILES string of the molecule is N/C=C\C=Nc1ccc(-c2cnc(CCCCCCC(=O)c3ncco3)[nH]2)c(F)c1. The Bertz CT molecular complexity index is 1010. The van der Waals surface area contributed by atoms with Crippen LogP contribution in [0.4, 0.5) is 10.1 Å². The van der Waals surface area contributed by atoms with Crippen LogP contribution >= 0.6 is 0 Å². The van der Waals surface area contributed by atoms with Gasteiger partial charge in [0.05, 0.1) is 23.8 Å². The Hall–Kier alpha value is -3.55. The number of carbonyl (C=O) groups is 1. The molecule has 3 rings (SSSR count). The number of rotatable bonds is 11. The van der Waals surface area contributed by atoms with Crippen LogP contribution in [0.5, 0.6) is 0 Å². The molecule has 30 heavy (non-hydrogen) atoms. The zero-order valence-electron chi connectivity index (χ0n) is 16.6. The molecular formula is C22H24FN5O2. The van der Waals surface area contributed by atoms with E-state index in [1.165, 1.54) is 30.9 Å². The van der Waals surface area contributed by atoms with E-state index in [4.69, 9.17) is 10.2 Å². The third-order valence-electron chi connectivity index (χ3n) is 4.53. The second-order valence-corrected chi connectivity index (χ2v) is 6.75. The van der Waals surface area contributed by atoms with Crippen molar-refractivity contribution < 1.29 is 13.6 Å². The third-order valence-corrected chi connectivity index (χ3v) is 4.53. The molecule has 0 aliphatic rings. The van der Waals surface area contributed by atoms with Gasteiger partial charge in [-0.3, -0.25) is 9.79 Å². The fourth-order valence-electron chi connectivity index (χ4n) is 3.01. The first kappa shape index (κ1) is 21.2. The average molecular weight is 409 g/mol. The van der Waals surface area contributed by atoms with Crippen molar-refractivity contribution >= 4 is 17.7 Å². The molecule has 2 heterocycles. The highest BCUT2D eigenvalue weighted by Crippen LogP contribution is 2.25. The Labute approximate surface area is 174 Å². The first-order valence-electron chi connectivity index (χ1n) is 9.85. The summed E-state index contributed by atoms with van der Waals surface area (Å²) in [4.78, 5) is 27.3. The van der Waals surface area contributed by atoms with E-state index < -0.39 is 0 Å². The molecule has 1 aromatic carbocycles. The van der Waals surface area contributed by atoms with Gasteiger partial charge in [-0.05, 0) is 37.3 Å². The molecule has 7 nitrogen and oxygen atoms in total.